The van der Waals surface area contributed by atoms with Crippen molar-refractivity contribution in [3.63, 3.8) is 0 Å². The van der Waals surface area contributed by atoms with Gasteiger partial charge in [-0.3, -0.25) is 4.79 Å². The van der Waals surface area contributed by atoms with E-state index in [9.17, 15) is 9.90 Å². The molecule has 0 atom stereocenters. The third-order valence-corrected chi connectivity index (χ3v) is 6.67. The topological polar surface area (TPSA) is 80.2 Å². The average Bonchev–Trinajstić information content (AvgIpc) is 2.87. The Kier molecular flexibility index (Phi) is 10.3. The van der Waals surface area contributed by atoms with Gasteiger partial charge in [-0.2, -0.15) is 5.10 Å². The first-order valence-electron chi connectivity index (χ1n) is 13.6. The van der Waals surface area contributed by atoms with Gasteiger partial charge in [0.05, 0.1) is 17.8 Å². The predicted octanol–water partition coefficient (Wildman–Crippen LogP) is 7.70. The van der Waals surface area contributed by atoms with Gasteiger partial charge in [0, 0.05) is 6.42 Å². The number of nitrogens with one attached hydrogen (secondary N) is 1. The van der Waals surface area contributed by atoms with Crippen LogP contribution in [0.5, 0.6) is 17.2 Å². The Morgan fingerprint density at radius 3 is 2.15 bits per heavy atom. The Bertz CT molecular complexity index is 1300. The molecule has 0 aliphatic rings. The van der Waals surface area contributed by atoms with E-state index in [-0.39, 0.29) is 23.2 Å². The van der Waals surface area contributed by atoms with Crippen LogP contribution in [0.1, 0.15) is 82.7 Å². The molecule has 40 heavy (non-hydrogen) atoms. The lowest BCUT2D eigenvalue weighted by atomic mass is 9.78. The molecule has 1 amide bonds. The lowest BCUT2D eigenvalue weighted by Crippen LogP contribution is -2.20. The molecular weight excluding hydrogens is 524 g/mol. The summed E-state index contributed by atoms with van der Waals surface area (Å²) in [6, 6.07) is 17.3. The molecule has 3 aromatic rings. The van der Waals surface area contributed by atoms with Gasteiger partial charge in [0.25, 0.3) is 0 Å². The molecule has 3 rings (SSSR count). The molecule has 0 aliphatic carbocycles. The highest BCUT2D eigenvalue weighted by atomic mass is 35.5. The number of hydrogen-bond donors (Lipinski definition) is 2. The summed E-state index contributed by atoms with van der Waals surface area (Å²) in [5, 5.41) is 15.5. The quantitative estimate of drug-likeness (QED) is 0.195. The molecule has 0 saturated carbocycles. The molecule has 6 nitrogen and oxygen atoms in total. The molecule has 0 aromatic heterocycles. The van der Waals surface area contributed by atoms with Crippen LogP contribution >= 0.6 is 11.6 Å². The number of benzene rings is 3. The number of carbonyl (C=O) groups excluding carboxylic acids is 1. The van der Waals surface area contributed by atoms with Crippen LogP contribution < -0.4 is 14.9 Å². The average molecular weight is 565 g/mol. The Morgan fingerprint density at radius 2 is 1.57 bits per heavy atom. The zero-order chi connectivity index (χ0) is 29.5. The Hall–Kier alpha value is -3.51. The molecule has 0 fully saturated rings. The van der Waals surface area contributed by atoms with Crippen molar-refractivity contribution in [3.8, 4) is 17.2 Å². The van der Waals surface area contributed by atoms with Gasteiger partial charge < -0.3 is 14.6 Å². The molecule has 0 saturated heterocycles. The number of phenolic OH excluding ortho intramolecular Hbond substituents is 1. The molecule has 0 unspecified atom stereocenters. The lowest BCUT2D eigenvalue weighted by molar-refractivity contribution is -0.121. The molecule has 2 N–H and O–H groups in total. The standard InChI is InChI=1S/C33H41ClN2O4/c1-8-39-28-19-24(18-27(34)31(28)40-21-22-12-10-9-11-13-22)20-35-36-29(37)15-14-23-16-25(32(2,3)4)30(38)26(17-23)33(5,6)7/h9-13,16-20,38H,8,14-15,21H2,1-7H3,(H,36,37)/b35-20-. The first-order chi connectivity index (χ1) is 18.8. The van der Waals surface area contributed by atoms with Crippen molar-refractivity contribution in [3.05, 3.63) is 87.4 Å². The molecular formula is C33H41ClN2O4. The van der Waals surface area contributed by atoms with Crippen molar-refractivity contribution >= 4 is 23.7 Å². The Morgan fingerprint density at radius 1 is 0.950 bits per heavy atom. The number of halogens is 1. The summed E-state index contributed by atoms with van der Waals surface area (Å²) < 4.78 is 11.7. The van der Waals surface area contributed by atoms with Crippen molar-refractivity contribution < 1.29 is 19.4 Å². The molecule has 7 heteroatoms. The summed E-state index contributed by atoms with van der Waals surface area (Å²) in [5.41, 5.74) is 6.61. The number of aromatic hydroxyl groups is 1. The number of nitrogens with zero attached hydrogens (tertiary/aromatic N) is 1. The van der Waals surface area contributed by atoms with Gasteiger partial charge >= 0.3 is 0 Å². The fourth-order valence-electron chi connectivity index (χ4n) is 4.27. The molecule has 0 aliphatic heterocycles. The summed E-state index contributed by atoms with van der Waals surface area (Å²) >= 11 is 6.52. The van der Waals surface area contributed by atoms with E-state index >= 15 is 0 Å². The fourth-order valence-corrected chi connectivity index (χ4v) is 4.54. The van der Waals surface area contributed by atoms with E-state index in [4.69, 9.17) is 21.1 Å². The highest BCUT2D eigenvalue weighted by Crippen LogP contribution is 2.40. The van der Waals surface area contributed by atoms with Crippen LogP contribution in [0.3, 0.4) is 0 Å². The molecule has 0 bridgehead atoms. The normalized spacial score (nSPS) is 12.0. The maximum atomic E-state index is 12.6. The molecule has 0 spiro atoms. The van der Waals surface area contributed by atoms with E-state index in [2.05, 4.69) is 52.1 Å². The van der Waals surface area contributed by atoms with Gasteiger partial charge in [-0.05, 0) is 64.1 Å². The minimum absolute atomic E-state index is 0.210. The number of aryl methyl sites for hydroxylation is 1. The SMILES string of the molecule is CCOc1cc(/C=N\NC(=O)CCc2cc(C(C)(C)C)c(O)c(C(C)(C)C)c2)cc(Cl)c1OCc1ccccc1. The van der Waals surface area contributed by atoms with E-state index in [0.29, 0.717) is 47.5 Å². The van der Waals surface area contributed by atoms with Crippen molar-refractivity contribution in [2.24, 2.45) is 5.10 Å². The maximum absolute atomic E-state index is 12.6. The number of rotatable bonds is 10. The van der Waals surface area contributed by atoms with Gasteiger partial charge in [-0.25, -0.2) is 5.43 Å². The van der Waals surface area contributed by atoms with E-state index in [1.165, 1.54) is 6.21 Å². The zero-order valence-electron chi connectivity index (χ0n) is 24.6. The van der Waals surface area contributed by atoms with Gasteiger partial charge in [-0.15, -0.1) is 0 Å². The van der Waals surface area contributed by atoms with Crippen molar-refractivity contribution in [2.45, 2.75) is 78.7 Å². The van der Waals surface area contributed by atoms with E-state index in [1.54, 1.807) is 12.1 Å². The zero-order valence-corrected chi connectivity index (χ0v) is 25.4. The van der Waals surface area contributed by atoms with Crippen LogP contribution in [0.2, 0.25) is 5.02 Å². The maximum Gasteiger partial charge on any atom is 0.240 e. The highest BCUT2D eigenvalue weighted by molar-refractivity contribution is 6.32. The van der Waals surface area contributed by atoms with Crippen LogP contribution in [-0.4, -0.2) is 23.8 Å². The first kappa shape index (κ1) is 31.0. The summed E-state index contributed by atoms with van der Waals surface area (Å²) in [7, 11) is 0. The number of phenols is 1. The predicted molar refractivity (Wildman–Crippen MR) is 163 cm³/mol. The summed E-state index contributed by atoms with van der Waals surface area (Å²) in [4.78, 5) is 12.6. The Balaban J connectivity index is 1.67. The third-order valence-electron chi connectivity index (χ3n) is 6.39. The second-order valence-corrected chi connectivity index (χ2v) is 12.3. The van der Waals surface area contributed by atoms with E-state index in [1.807, 2.05) is 49.4 Å². The molecule has 0 radical (unpaired) electrons. The summed E-state index contributed by atoms with van der Waals surface area (Å²) in [6.07, 6.45) is 2.32. The molecule has 214 valence electrons. The van der Waals surface area contributed by atoms with Crippen molar-refractivity contribution in [1.82, 2.24) is 5.43 Å². The minimum atomic E-state index is -0.226. The summed E-state index contributed by atoms with van der Waals surface area (Å²) in [6.45, 7) is 15.1. The first-order valence-corrected chi connectivity index (χ1v) is 14.0. The van der Waals surface area contributed by atoms with Gasteiger partial charge in [-0.1, -0.05) is 95.6 Å². The van der Waals surface area contributed by atoms with Gasteiger partial charge in [0.15, 0.2) is 11.5 Å². The van der Waals surface area contributed by atoms with Gasteiger partial charge in [0.1, 0.15) is 12.4 Å². The highest BCUT2D eigenvalue weighted by Gasteiger charge is 2.26. The number of carbonyl (C=O) groups is 1. The summed E-state index contributed by atoms with van der Waals surface area (Å²) in [5.74, 6) is 1.10. The lowest BCUT2D eigenvalue weighted by Gasteiger charge is -2.28. The van der Waals surface area contributed by atoms with Crippen molar-refractivity contribution in [2.75, 3.05) is 6.61 Å². The van der Waals surface area contributed by atoms with Gasteiger partial charge in [0.2, 0.25) is 5.91 Å². The van der Waals surface area contributed by atoms with Crippen molar-refractivity contribution in [1.29, 1.82) is 0 Å². The largest absolute Gasteiger partial charge is 0.507 e. The Labute approximate surface area is 243 Å². The second kappa shape index (κ2) is 13.2. The van der Waals surface area contributed by atoms with Crippen LogP contribution in [0, 0.1) is 0 Å². The fraction of sp³-hybridized carbons (Fsp3) is 0.394. The number of hydrogen-bond acceptors (Lipinski definition) is 5. The number of ether oxygens (including phenoxy) is 2. The molecule has 3 aromatic carbocycles. The minimum Gasteiger partial charge on any atom is -0.507 e. The monoisotopic (exact) mass is 564 g/mol. The molecule has 0 heterocycles. The third kappa shape index (κ3) is 8.49. The van der Waals surface area contributed by atoms with Crippen LogP contribution in [0.25, 0.3) is 0 Å². The van der Waals surface area contributed by atoms with Crippen LogP contribution in [0.15, 0.2) is 59.7 Å². The van der Waals surface area contributed by atoms with Crippen LogP contribution in [0.4, 0.5) is 0 Å². The smallest absolute Gasteiger partial charge is 0.240 e. The number of amides is 1. The second-order valence-electron chi connectivity index (χ2n) is 11.9. The van der Waals surface area contributed by atoms with Crippen LogP contribution in [-0.2, 0) is 28.7 Å². The van der Waals surface area contributed by atoms with E-state index < -0.39 is 0 Å². The van der Waals surface area contributed by atoms with E-state index in [0.717, 1.165) is 22.3 Å². The number of hydrazone groups is 1.